The Morgan fingerprint density at radius 3 is 1.81 bits per heavy atom. The van der Waals surface area contributed by atoms with Crippen LogP contribution in [0.3, 0.4) is 0 Å². The second-order valence-electron chi connectivity index (χ2n) is 10.1. The van der Waals surface area contributed by atoms with Gasteiger partial charge >= 0.3 is 0 Å². The van der Waals surface area contributed by atoms with Gasteiger partial charge in [-0.15, -0.1) is 0 Å². The number of aliphatic hydroxyl groups is 1. The van der Waals surface area contributed by atoms with Crippen LogP contribution < -0.4 is 5.32 Å². The van der Waals surface area contributed by atoms with Gasteiger partial charge in [0.1, 0.15) is 18.2 Å². The van der Waals surface area contributed by atoms with Crippen molar-refractivity contribution >= 4 is 30.9 Å². The summed E-state index contributed by atoms with van der Waals surface area (Å²) < 4.78 is 24.8. The minimum atomic E-state index is -1.99. The van der Waals surface area contributed by atoms with Crippen LogP contribution in [0.2, 0.25) is 58.9 Å². The Morgan fingerprint density at radius 2 is 1.41 bits per heavy atom. The maximum absolute atomic E-state index is 11.7. The molecule has 0 unspecified atom stereocenters. The van der Waals surface area contributed by atoms with Crippen LogP contribution in [0.5, 0.6) is 0 Å². The number of carbonyl (C=O) groups excluding carboxylic acids is 1. The monoisotopic (exact) mass is 437 g/mol. The molecule has 1 fully saturated rings. The quantitative estimate of drug-likeness (QED) is 0.568. The number of hydrogen-bond donors (Lipinski definition) is 2. The normalized spacial score (nSPS) is 30.3. The van der Waals surface area contributed by atoms with E-state index < -0.39 is 55.6 Å². The molecule has 1 rings (SSSR count). The van der Waals surface area contributed by atoms with E-state index in [1.165, 1.54) is 6.92 Å². The van der Waals surface area contributed by atoms with Crippen LogP contribution in [0.4, 0.5) is 0 Å². The van der Waals surface area contributed by atoms with E-state index in [4.69, 9.17) is 18.0 Å². The first-order valence-electron chi connectivity index (χ1n) is 9.59. The molecule has 1 aliphatic heterocycles. The molecular formula is C17H39NO6Si3. The number of ether oxygens (including phenoxy) is 1. The maximum Gasteiger partial charge on any atom is 0.217 e. The highest BCUT2D eigenvalue weighted by Gasteiger charge is 2.50. The standard InChI is InChI=1S/C17H39NO6Si3/c1-12(19)18-14-16(24-27(8,9)10)15(23-26(5,6)7)13(22-17(14)20)11-21-25(2,3)4/h13-17,20H,11H2,1-10H3,(H,18,19)/t13-,14-,15+,16-,17+/m1/s1. The SMILES string of the molecule is CC(=O)N[C@@H]1[C@@H](O[Si](C)(C)C)[C@@H](O[Si](C)(C)C)[C@@H](CO[Si](C)(C)C)O[C@@H]1O. The lowest BCUT2D eigenvalue weighted by Crippen LogP contribution is -2.68. The first kappa shape index (κ1) is 25.0. The van der Waals surface area contributed by atoms with Crippen molar-refractivity contribution in [1.29, 1.82) is 0 Å². The Balaban J connectivity index is 3.22. The van der Waals surface area contributed by atoms with E-state index in [9.17, 15) is 9.90 Å². The lowest BCUT2D eigenvalue weighted by atomic mass is 9.97. The number of rotatable bonds is 8. The van der Waals surface area contributed by atoms with Crippen molar-refractivity contribution in [3.63, 3.8) is 0 Å². The molecule has 0 aromatic heterocycles. The molecule has 1 amide bonds. The van der Waals surface area contributed by atoms with Gasteiger partial charge in [-0.2, -0.15) is 0 Å². The summed E-state index contributed by atoms with van der Waals surface area (Å²) in [6.45, 7) is 20.6. The number of nitrogens with one attached hydrogen (secondary N) is 1. The van der Waals surface area contributed by atoms with Crippen molar-refractivity contribution in [3.05, 3.63) is 0 Å². The van der Waals surface area contributed by atoms with Crippen LogP contribution in [0.1, 0.15) is 6.92 Å². The molecule has 2 N–H and O–H groups in total. The highest BCUT2D eigenvalue weighted by molar-refractivity contribution is 6.70. The fraction of sp³-hybridized carbons (Fsp3) is 0.941. The zero-order chi connectivity index (χ0) is 21.2. The lowest BCUT2D eigenvalue weighted by molar-refractivity contribution is -0.245. The fourth-order valence-corrected chi connectivity index (χ4v) is 5.74. The predicted octanol–water partition coefficient (Wildman–Crippen LogP) is 2.50. The Bertz CT molecular complexity index is 500. The Morgan fingerprint density at radius 1 is 0.926 bits per heavy atom. The highest BCUT2D eigenvalue weighted by Crippen LogP contribution is 2.30. The Hall–Kier alpha value is -0.0794. The molecule has 0 aliphatic carbocycles. The van der Waals surface area contributed by atoms with Crippen LogP contribution in [-0.2, 0) is 22.8 Å². The first-order valence-corrected chi connectivity index (χ1v) is 19.8. The molecule has 7 nitrogen and oxygen atoms in total. The zero-order valence-electron chi connectivity index (χ0n) is 18.6. The van der Waals surface area contributed by atoms with Crippen molar-refractivity contribution in [2.45, 2.75) is 96.5 Å². The molecule has 0 saturated carbocycles. The van der Waals surface area contributed by atoms with Gasteiger partial charge in [-0.25, -0.2) is 0 Å². The number of amides is 1. The number of carbonyl (C=O) groups is 1. The van der Waals surface area contributed by atoms with E-state index >= 15 is 0 Å². The molecule has 5 atom stereocenters. The zero-order valence-corrected chi connectivity index (χ0v) is 21.6. The topological polar surface area (TPSA) is 86.3 Å². The van der Waals surface area contributed by atoms with Crippen molar-refractivity contribution < 1.29 is 27.9 Å². The molecule has 0 bridgehead atoms. The average molecular weight is 438 g/mol. The molecule has 27 heavy (non-hydrogen) atoms. The van der Waals surface area contributed by atoms with Crippen LogP contribution in [0, 0.1) is 0 Å². The molecule has 1 aliphatic rings. The fourth-order valence-electron chi connectivity index (χ4n) is 2.87. The third-order valence-electron chi connectivity index (χ3n) is 3.70. The number of aliphatic hydroxyl groups excluding tert-OH is 1. The third kappa shape index (κ3) is 9.31. The average Bonchev–Trinajstić information content (AvgIpc) is 2.40. The van der Waals surface area contributed by atoms with Crippen molar-refractivity contribution in [1.82, 2.24) is 5.32 Å². The van der Waals surface area contributed by atoms with E-state index in [-0.39, 0.29) is 5.91 Å². The molecule has 0 aromatic rings. The summed E-state index contributed by atoms with van der Waals surface area (Å²) >= 11 is 0. The molecule has 0 radical (unpaired) electrons. The van der Waals surface area contributed by atoms with E-state index in [2.05, 4.69) is 64.2 Å². The van der Waals surface area contributed by atoms with Crippen LogP contribution in [-0.4, -0.2) is 73.2 Å². The summed E-state index contributed by atoms with van der Waals surface area (Å²) in [5.74, 6) is -0.240. The minimum absolute atomic E-state index is 0.240. The molecule has 160 valence electrons. The maximum atomic E-state index is 11.7. The summed E-state index contributed by atoms with van der Waals surface area (Å²) in [5, 5.41) is 13.4. The molecule has 1 saturated heterocycles. The summed E-state index contributed by atoms with van der Waals surface area (Å²) in [7, 11) is -5.71. The summed E-state index contributed by atoms with van der Waals surface area (Å²) in [5.41, 5.74) is 0. The molecule has 10 heteroatoms. The van der Waals surface area contributed by atoms with E-state index in [1.54, 1.807) is 0 Å². The highest BCUT2D eigenvalue weighted by atomic mass is 28.4. The van der Waals surface area contributed by atoms with Crippen LogP contribution in [0.25, 0.3) is 0 Å². The smallest absolute Gasteiger partial charge is 0.217 e. The van der Waals surface area contributed by atoms with Crippen molar-refractivity contribution in [2.24, 2.45) is 0 Å². The minimum Gasteiger partial charge on any atom is -0.415 e. The second-order valence-corrected chi connectivity index (χ2v) is 23.5. The van der Waals surface area contributed by atoms with Crippen LogP contribution >= 0.6 is 0 Å². The summed E-state index contributed by atoms with van der Waals surface area (Å²) in [6, 6.07) is -0.682. The largest absolute Gasteiger partial charge is 0.415 e. The molecular weight excluding hydrogens is 398 g/mol. The van der Waals surface area contributed by atoms with Gasteiger partial charge in [-0.3, -0.25) is 4.79 Å². The van der Waals surface area contributed by atoms with Gasteiger partial charge in [0.25, 0.3) is 0 Å². The van der Waals surface area contributed by atoms with Gasteiger partial charge in [0.05, 0.1) is 12.7 Å². The number of hydrogen-bond acceptors (Lipinski definition) is 6. The summed E-state index contributed by atoms with van der Waals surface area (Å²) in [6.07, 6.45) is -2.54. The van der Waals surface area contributed by atoms with Gasteiger partial charge in [0.2, 0.25) is 5.91 Å². The molecule has 0 spiro atoms. The third-order valence-corrected chi connectivity index (χ3v) is 6.69. The van der Waals surface area contributed by atoms with E-state index in [0.29, 0.717) is 6.61 Å². The van der Waals surface area contributed by atoms with Gasteiger partial charge in [0, 0.05) is 6.92 Å². The predicted molar refractivity (Wildman–Crippen MR) is 114 cm³/mol. The second kappa shape index (κ2) is 9.16. The van der Waals surface area contributed by atoms with E-state index in [1.807, 2.05) is 0 Å². The summed E-state index contributed by atoms with van der Waals surface area (Å²) in [4.78, 5) is 11.7. The molecule has 0 aromatic carbocycles. The van der Waals surface area contributed by atoms with Crippen molar-refractivity contribution in [3.8, 4) is 0 Å². The van der Waals surface area contributed by atoms with Gasteiger partial charge in [-0.05, 0) is 58.9 Å². The van der Waals surface area contributed by atoms with Gasteiger partial charge < -0.3 is 28.4 Å². The van der Waals surface area contributed by atoms with Crippen molar-refractivity contribution in [2.75, 3.05) is 6.61 Å². The lowest BCUT2D eigenvalue weighted by Gasteiger charge is -2.48. The van der Waals surface area contributed by atoms with Gasteiger partial charge in [-0.1, -0.05) is 0 Å². The first-order chi connectivity index (χ1) is 12.0. The van der Waals surface area contributed by atoms with E-state index in [0.717, 1.165) is 0 Å². The van der Waals surface area contributed by atoms with Crippen LogP contribution in [0.15, 0.2) is 0 Å². The van der Waals surface area contributed by atoms with Gasteiger partial charge in [0.15, 0.2) is 31.2 Å². The molecule has 1 heterocycles. The Labute approximate surface area is 167 Å². The Kier molecular flexibility index (Phi) is 8.47.